The van der Waals surface area contributed by atoms with Gasteiger partial charge < -0.3 is 5.32 Å². The maximum atomic E-state index is 12.3. The van der Waals surface area contributed by atoms with Crippen LogP contribution < -0.4 is 5.32 Å². The van der Waals surface area contributed by atoms with Crippen LogP contribution in [0, 0.1) is 6.92 Å². The molecule has 1 amide bonds. The van der Waals surface area contributed by atoms with Crippen LogP contribution in [-0.4, -0.2) is 10.9 Å². The molecule has 25 heavy (non-hydrogen) atoms. The van der Waals surface area contributed by atoms with E-state index in [2.05, 4.69) is 10.3 Å². The summed E-state index contributed by atoms with van der Waals surface area (Å²) in [6.07, 6.45) is 0.943. The van der Waals surface area contributed by atoms with Gasteiger partial charge in [-0.05, 0) is 42.3 Å². The number of thiazole rings is 1. The van der Waals surface area contributed by atoms with Gasteiger partial charge in [-0.3, -0.25) is 4.79 Å². The zero-order chi connectivity index (χ0) is 17.8. The normalized spacial score (nSPS) is 10.7. The number of aryl methyl sites for hydroxylation is 1. The molecule has 1 aromatic heterocycles. The van der Waals surface area contributed by atoms with Crippen molar-refractivity contribution in [2.24, 2.45) is 0 Å². The third-order valence-corrected chi connectivity index (χ3v) is 5.03. The third-order valence-electron chi connectivity index (χ3n) is 3.66. The molecule has 0 radical (unpaired) electrons. The summed E-state index contributed by atoms with van der Waals surface area (Å²) in [6.45, 7) is 1.93. The van der Waals surface area contributed by atoms with Gasteiger partial charge in [0.1, 0.15) is 0 Å². The summed E-state index contributed by atoms with van der Waals surface area (Å²) in [5.41, 5.74) is 3.57. The molecule has 1 heterocycles. The highest BCUT2D eigenvalue weighted by molar-refractivity contribution is 7.09. The van der Waals surface area contributed by atoms with E-state index in [-0.39, 0.29) is 12.3 Å². The SMILES string of the molecule is Cc1ccc(Cl)cc1NC(=O)Cc1csc(Cc2cccc(Cl)c2)n1. The van der Waals surface area contributed by atoms with Gasteiger partial charge in [0.15, 0.2) is 0 Å². The van der Waals surface area contributed by atoms with Crippen molar-refractivity contribution in [1.82, 2.24) is 4.98 Å². The molecule has 6 heteroatoms. The molecule has 0 spiro atoms. The van der Waals surface area contributed by atoms with Crippen molar-refractivity contribution < 1.29 is 4.79 Å². The van der Waals surface area contributed by atoms with Gasteiger partial charge in [0, 0.05) is 27.5 Å². The highest BCUT2D eigenvalue weighted by atomic mass is 35.5. The van der Waals surface area contributed by atoms with Crippen molar-refractivity contribution in [1.29, 1.82) is 0 Å². The van der Waals surface area contributed by atoms with Crippen molar-refractivity contribution in [3.8, 4) is 0 Å². The molecule has 0 aliphatic rings. The molecular weight excluding hydrogens is 375 g/mol. The van der Waals surface area contributed by atoms with E-state index < -0.39 is 0 Å². The van der Waals surface area contributed by atoms with E-state index in [0.29, 0.717) is 16.5 Å². The fraction of sp³-hybridized carbons (Fsp3) is 0.158. The second kappa shape index (κ2) is 8.00. The Morgan fingerprint density at radius 1 is 1.16 bits per heavy atom. The number of nitrogens with zero attached hydrogens (tertiary/aromatic N) is 1. The maximum Gasteiger partial charge on any atom is 0.230 e. The summed E-state index contributed by atoms with van der Waals surface area (Å²) < 4.78 is 0. The van der Waals surface area contributed by atoms with Crippen LogP contribution in [0.3, 0.4) is 0 Å². The fourth-order valence-electron chi connectivity index (χ4n) is 2.42. The highest BCUT2D eigenvalue weighted by Crippen LogP contribution is 2.21. The van der Waals surface area contributed by atoms with E-state index in [0.717, 1.165) is 27.5 Å². The quantitative estimate of drug-likeness (QED) is 0.621. The van der Waals surface area contributed by atoms with Crippen molar-refractivity contribution in [2.45, 2.75) is 19.8 Å². The molecule has 3 aromatic rings. The van der Waals surface area contributed by atoms with Gasteiger partial charge >= 0.3 is 0 Å². The molecule has 0 saturated heterocycles. The monoisotopic (exact) mass is 390 g/mol. The highest BCUT2D eigenvalue weighted by Gasteiger charge is 2.10. The van der Waals surface area contributed by atoms with Crippen LogP contribution in [-0.2, 0) is 17.6 Å². The number of aromatic nitrogens is 1. The summed E-state index contributed by atoms with van der Waals surface area (Å²) in [5, 5.41) is 7.08. The van der Waals surface area contributed by atoms with E-state index in [1.165, 1.54) is 0 Å². The average Bonchev–Trinajstić information content (AvgIpc) is 2.97. The van der Waals surface area contributed by atoms with E-state index >= 15 is 0 Å². The molecule has 0 atom stereocenters. The zero-order valence-electron chi connectivity index (χ0n) is 13.6. The minimum absolute atomic E-state index is 0.107. The van der Waals surface area contributed by atoms with Crippen LogP contribution in [0.1, 0.15) is 21.8 Å². The number of benzene rings is 2. The Morgan fingerprint density at radius 3 is 2.76 bits per heavy atom. The molecule has 2 aromatic carbocycles. The van der Waals surface area contributed by atoms with Gasteiger partial charge in [-0.2, -0.15) is 0 Å². The smallest absolute Gasteiger partial charge is 0.230 e. The lowest BCUT2D eigenvalue weighted by molar-refractivity contribution is -0.115. The van der Waals surface area contributed by atoms with Crippen LogP contribution in [0.5, 0.6) is 0 Å². The maximum absolute atomic E-state index is 12.3. The largest absolute Gasteiger partial charge is 0.325 e. The van der Waals surface area contributed by atoms with Gasteiger partial charge in [-0.1, -0.05) is 41.4 Å². The molecule has 0 fully saturated rings. The molecule has 3 nitrogen and oxygen atoms in total. The molecule has 0 saturated carbocycles. The lowest BCUT2D eigenvalue weighted by Crippen LogP contribution is -2.15. The Labute approximate surface area is 160 Å². The number of hydrogen-bond acceptors (Lipinski definition) is 3. The van der Waals surface area contributed by atoms with E-state index in [4.69, 9.17) is 23.2 Å². The lowest BCUT2D eigenvalue weighted by Gasteiger charge is -2.08. The van der Waals surface area contributed by atoms with E-state index in [9.17, 15) is 4.79 Å². The number of rotatable bonds is 5. The Balaban J connectivity index is 1.62. The van der Waals surface area contributed by atoms with Gasteiger partial charge in [-0.15, -0.1) is 11.3 Å². The minimum Gasteiger partial charge on any atom is -0.325 e. The molecule has 0 aliphatic carbocycles. The Kier molecular flexibility index (Phi) is 5.74. The summed E-state index contributed by atoms with van der Waals surface area (Å²) in [7, 11) is 0. The second-order valence-corrected chi connectivity index (χ2v) is 7.54. The first kappa shape index (κ1) is 17.9. The molecule has 0 unspecified atom stereocenters. The van der Waals surface area contributed by atoms with Crippen molar-refractivity contribution in [2.75, 3.05) is 5.32 Å². The number of carbonyl (C=O) groups is 1. The summed E-state index contributed by atoms with van der Waals surface area (Å²) in [5.74, 6) is -0.107. The lowest BCUT2D eigenvalue weighted by atomic mass is 10.1. The number of carbonyl (C=O) groups excluding carboxylic acids is 1. The van der Waals surface area contributed by atoms with Crippen LogP contribution >= 0.6 is 34.5 Å². The van der Waals surface area contributed by atoms with Gasteiger partial charge in [0.05, 0.1) is 17.1 Å². The van der Waals surface area contributed by atoms with Crippen LogP contribution in [0.2, 0.25) is 10.0 Å². The van der Waals surface area contributed by atoms with Gasteiger partial charge in [-0.25, -0.2) is 4.98 Å². The van der Waals surface area contributed by atoms with Gasteiger partial charge in [0.2, 0.25) is 5.91 Å². The van der Waals surface area contributed by atoms with Crippen LogP contribution in [0.25, 0.3) is 0 Å². The minimum atomic E-state index is -0.107. The van der Waals surface area contributed by atoms with Gasteiger partial charge in [0.25, 0.3) is 0 Å². The molecule has 128 valence electrons. The number of nitrogens with one attached hydrogen (secondary N) is 1. The second-order valence-electron chi connectivity index (χ2n) is 5.72. The predicted octanol–water partition coefficient (Wildman–Crippen LogP) is 5.53. The van der Waals surface area contributed by atoms with Crippen molar-refractivity contribution in [3.63, 3.8) is 0 Å². The summed E-state index contributed by atoms with van der Waals surface area (Å²) >= 11 is 13.5. The first-order valence-corrected chi connectivity index (χ1v) is 9.37. The Morgan fingerprint density at radius 2 is 1.96 bits per heavy atom. The standard InChI is InChI=1S/C19H16Cl2N2OS/c1-12-5-6-15(21)9-17(12)23-18(24)10-16-11-25-19(22-16)8-13-3-2-4-14(20)7-13/h2-7,9,11H,8,10H2,1H3,(H,23,24). The zero-order valence-corrected chi connectivity index (χ0v) is 15.9. The van der Waals surface area contributed by atoms with E-state index in [1.807, 2.05) is 42.6 Å². The summed E-state index contributed by atoms with van der Waals surface area (Å²) in [4.78, 5) is 16.8. The first-order valence-electron chi connectivity index (χ1n) is 7.73. The molecule has 0 bridgehead atoms. The third kappa shape index (κ3) is 5.05. The number of amides is 1. The number of hydrogen-bond donors (Lipinski definition) is 1. The molecular formula is C19H16Cl2N2OS. The van der Waals surface area contributed by atoms with Crippen LogP contribution in [0.4, 0.5) is 5.69 Å². The summed E-state index contributed by atoms with van der Waals surface area (Å²) in [6, 6.07) is 13.1. The first-order chi connectivity index (χ1) is 12.0. The predicted molar refractivity (Wildman–Crippen MR) is 105 cm³/mol. The Bertz CT molecular complexity index is 908. The molecule has 0 aliphatic heterocycles. The van der Waals surface area contributed by atoms with Crippen molar-refractivity contribution in [3.05, 3.63) is 79.7 Å². The topological polar surface area (TPSA) is 42.0 Å². The molecule has 3 rings (SSSR count). The molecule has 1 N–H and O–H groups in total. The van der Waals surface area contributed by atoms with Crippen molar-refractivity contribution >= 4 is 46.1 Å². The van der Waals surface area contributed by atoms with E-state index in [1.54, 1.807) is 23.5 Å². The number of anilines is 1. The Hall–Kier alpha value is -1.88. The van der Waals surface area contributed by atoms with Crippen LogP contribution in [0.15, 0.2) is 47.8 Å². The number of halogens is 2. The average molecular weight is 391 g/mol. The fourth-order valence-corrected chi connectivity index (χ4v) is 3.63.